The van der Waals surface area contributed by atoms with Crippen molar-refractivity contribution >= 4 is 10.2 Å². The van der Waals surface area contributed by atoms with E-state index in [2.05, 4.69) is 9.71 Å². The number of aromatic nitrogens is 1. The molecule has 0 amide bonds. The van der Waals surface area contributed by atoms with Gasteiger partial charge in [0.05, 0.1) is 12.2 Å². The predicted octanol–water partition coefficient (Wildman–Crippen LogP) is 0.568. The quantitative estimate of drug-likeness (QED) is 0.863. The van der Waals surface area contributed by atoms with Crippen LogP contribution in [0.15, 0.2) is 24.5 Å². The molecule has 1 aliphatic rings. The van der Waals surface area contributed by atoms with Crippen molar-refractivity contribution in [1.82, 2.24) is 14.0 Å². The Morgan fingerprint density at radius 1 is 1.40 bits per heavy atom. The number of nitrogens with zero attached hydrogens (tertiary/aromatic N) is 2. The average molecular weight is 299 g/mol. The highest BCUT2D eigenvalue weighted by Crippen LogP contribution is 2.13. The van der Waals surface area contributed by atoms with Crippen LogP contribution in [0.3, 0.4) is 0 Å². The van der Waals surface area contributed by atoms with E-state index in [1.165, 1.54) is 4.31 Å². The Morgan fingerprint density at radius 3 is 2.70 bits per heavy atom. The molecule has 1 saturated heterocycles. The Kier molecular flexibility index (Phi) is 5.09. The first-order valence-corrected chi connectivity index (χ1v) is 8.20. The van der Waals surface area contributed by atoms with E-state index in [9.17, 15) is 8.42 Å². The maximum absolute atomic E-state index is 12.2. The van der Waals surface area contributed by atoms with E-state index in [0.29, 0.717) is 26.1 Å². The van der Waals surface area contributed by atoms with Crippen LogP contribution in [-0.4, -0.2) is 49.5 Å². The molecule has 2 atom stereocenters. The molecule has 0 spiro atoms. The summed E-state index contributed by atoms with van der Waals surface area (Å²) in [6.45, 7) is 4.93. The number of hydrogen-bond donors (Lipinski definition) is 1. The van der Waals surface area contributed by atoms with E-state index in [1.54, 1.807) is 12.4 Å². The SMILES string of the molecule is C[C@@H]1CN(S(=O)(=O)NCCc2cccnc2)C[C@H](C)O1. The minimum atomic E-state index is -3.44. The highest BCUT2D eigenvalue weighted by molar-refractivity contribution is 7.87. The third-order valence-electron chi connectivity index (χ3n) is 3.15. The molecule has 2 heterocycles. The van der Waals surface area contributed by atoms with Gasteiger partial charge in [-0.1, -0.05) is 6.07 Å². The molecule has 0 unspecified atom stereocenters. The smallest absolute Gasteiger partial charge is 0.279 e. The van der Waals surface area contributed by atoms with Gasteiger partial charge in [-0.2, -0.15) is 12.7 Å². The first-order chi connectivity index (χ1) is 9.47. The number of rotatable bonds is 5. The van der Waals surface area contributed by atoms with E-state index in [4.69, 9.17) is 4.74 Å². The Labute approximate surface area is 120 Å². The van der Waals surface area contributed by atoms with Gasteiger partial charge in [-0.25, -0.2) is 4.72 Å². The van der Waals surface area contributed by atoms with E-state index >= 15 is 0 Å². The Morgan fingerprint density at radius 2 is 2.10 bits per heavy atom. The summed E-state index contributed by atoms with van der Waals surface area (Å²) in [5, 5.41) is 0. The fraction of sp³-hybridized carbons (Fsp3) is 0.615. The maximum Gasteiger partial charge on any atom is 0.279 e. The molecule has 6 nitrogen and oxygen atoms in total. The monoisotopic (exact) mass is 299 g/mol. The van der Waals surface area contributed by atoms with Gasteiger partial charge in [0.2, 0.25) is 0 Å². The summed E-state index contributed by atoms with van der Waals surface area (Å²) < 4.78 is 34.1. The lowest BCUT2D eigenvalue weighted by molar-refractivity contribution is -0.0443. The Hall–Kier alpha value is -1.02. The van der Waals surface area contributed by atoms with E-state index in [1.807, 2.05) is 26.0 Å². The molecule has 1 aromatic rings. The molecule has 2 rings (SSSR count). The summed E-state index contributed by atoms with van der Waals surface area (Å²) in [6, 6.07) is 3.77. The first kappa shape index (κ1) is 15.4. The summed E-state index contributed by atoms with van der Waals surface area (Å²) >= 11 is 0. The summed E-state index contributed by atoms with van der Waals surface area (Å²) in [6.07, 6.45) is 3.92. The molecule has 112 valence electrons. The Balaban J connectivity index is 1.87. The molecule has 1 fully saturated rings. The predicted molar refractivity (Wildman–Crippen MR) is 76.4 cm³/mol. The Bertz CT molecular complexity index is 511. The van der Waals surface area contributed by atoms with Crippen molar-refractivity contribution in [3.8, 4) is 0 Å². The van der Waals surface area contributed by atoms with Crippen LogP contribution in [0.25, 0.3) is 0 Å². The van der Waals surface area contributed by atoms with Crippen molar-refractivity contribution in [3.63, 3.8) is 0 Å². The summed E-state index contributed by atoms with van der Waals surface area (Å²) in [5.74, 6) is 0. The minimum Gasteiger partial charge on any atom is -0.373 e. The minimum absolute atomic E-state index is 0.0753. The van der Waals surface area contributed by atoms with Gasteiger partial charge in [-0.15, -0.1) is 0 Å². The zero-order valence-corrected chi connectivity index (χ0v) is 12.6. The number of hydrogen-bond acceptors (Lipinski definition) is 4. The molecule has 7 heteroatoms. The van der Waals surface area contributed by atoms with Gasteiger partial charge in [-0.05, 0) is 31.9 Å². The largest absolute Gasteiger partial charge is 0.373 e. The maximum atomic E-state index is 12.2. The molecule has 1 aromatic heterocycles. The fourth-order valence-electron chi connectivity index (χ4n) is 2.29. The topological polar surface area (TPSA) is 71.5 Å². The third kappa shape index (κ3) is 4.24. The average Bonchev–Trinajstić information content (AvgIpc) is 2.38. The zero-order valence-electron chi connectivity index (χ0n) is 11.8. The van der Waals surface area contributed by atoms with Crippen LogP contribution in [0.2, 0.25) is 0 Å². The molecule has 0 aromatic carbocycles. The van der Waals surface area contributed by atoms with Crippen molar-refractivity contribution in [2.45, 2.75) is 32.5 Å². The van der Waals surface area contributed by atoms with Crippen LogP contribution < -0.4 is 4.72 Å². The van der Waals surface area contributed by atoms with Crippen LogP contribution in [0.5, 0.6) is 0 Å². The molecule has 0 aliphatic carbocycles. The van der Waals surface area contributed by atoms with Crippen molar-refractivity contribution in [1.29, 1.82) is 0 Å². The molecular weight excluding hydrogens is 278 g/mol. The van der Waals surface area contributed by atoms with Gasteiger partial charge >= 0.3 is 0 Å². The molecule has 0 radical (unpaired) electrons. The second-order valence-electron chi connectivity index (χ2n) is 5.08. The molecule has 0 saturated carbocycles. The lowest BCUT2D eigenvalue weighted by Gasteiger charge is -2.34. The van der Waals surface area contributed by atoms with Crippen LogP contribution in [0, 0.1) is 0 Å². The number of pyridine rings is 1. The second kappa shape index (κ2) is 6.62. The van der Waals surface area contributed by atoms with E-state index in [0.717, 1.165) is 5.56 Å². The fourth-order valence-corrected chi connectivity index (χ4v) is 3.64. The molecular formula is C13H21N3O3S. The van der Waals surface area contributed by atoms with E-state index < -0.39 is 10.2 Å². The van der Waals surface area contributed by atoms with Gasteiger partial charge in [0.15, 0.2) is 0 Å². The van der Waals surface area contributed by atoms with Crippen LogP contribution in [0.1, 0.15) is 19.4 Å². The van der Waals surface area contributed by atoms with Gasteiger partial charge in [-0.3, -0.25) is 4.98 Å². The van der Waals surface area contributed by atoms with E-state index in [-0.39, 0.29) is 12.2 Å². The molecule has 1 N–H and O–H groups in total. The van der Waals surface area contributed by atoms with Crippen LogP contribution >= 0.6 is 0 Å². The van der Waals surface area contributed by atoms with Crippen molar-refractivity contribution in [3.05, 3.63) is 30.1 Å². The summed E-state index contributed by atoms with van der Waals surface area (Å²) in [4.78, 5) is 4.01. The van der Waals surface area contributed by atoms with Crippen LogP contribution in [-0.2, 0) is 21.4 Å². The van der Waals surface area contributed by atoms with Crippen LogP contribution in [0.4, 0.5) is 0 Å². The van der Waals surface area contributed by atoms with Crippen molar-refractivity contribution in [2.24, 2.45) is 0 Å². The number of morpholine rings is 1. The normalized spacial score (nSPS) is 24.7. The van der Waals surface area contributed by atoms with Crippen molar-refractivity contribution < 1.29 is 13.2 Å². The molecule has 20 heavy (non-hydrogen) atoms. The van der Waals surface area contributed by atoms with Gasteiger partial charge in [0, 0.05) is 32.0 Å². The standard InChI is InChI=1S/C13H21N3O3S/c1-11-9-16(10-12(2)19-11)20(17,18)15-7-5-13-4-3-6-14-8-13/h3-4,6,8,11-12,15H,5,7,9-10H2,1-2H3/t11-,12+. The first-order valence-electron chi connectivity index (χ1n) is 6.76. The lowest BCUT2D eigenvalue weighted by Crippen LogP contribution is -2.52. The lowest BCUT2D eigenvalue weighted by atomic mass is 10.2. The third-order valence-corrected chi connectivity index (χ3v) is 4.69. The second-order valence-corrected chi connectivity index (χ2v) is 6.84. The zero-order chi connectivity index (χ0) is 14.6. The van der Waals surface area contributed by atoms with Gasteiger partial charge < -0.3 is 4.74 Å². The summed E-state index contributed by atoms with van der Waals surface area (Å²) in [7, 11) is -3.44. The molecule has 0 bridgehead atoms. The molecule has 1 aliphatic heterocycles. The number of ether oxygens (including phenoxy) is 1. The van der Waals surface area contributed by atoms with Gasteiger partial charge in [0.25, 0.3) is 10.2 Å². The van der Waals surface area contributed by atoms with Gasteiger partial charge in [0.1, 0.15) is 0 Å². The number of nitrogens with one attached hydrogen (secondary N) is 1. The highest BCUT2D eigenvalue weighted by Gasteiger charge is 2.30. The van der Waals surface area contributed by atoms with Crippen molar-refractivity contribution in [2.75, 3.05) is 19.6 Å². The summed E-state index contributed by atoms with van der Waals surface area (Å²) in [5.41, 5.74) is 1.01. The highest BCUT2D eigenvalue weighted by atomic mass is 32.2.